The van der Waals surface area contributed by atoms with E-state index in [0.29, 0.717) is 5.02 Å². The van der Waals surface area contributed by atoms with Gasteiger partial charge in [-0.05, 0) is 48.9 Å². The van der Waals surface area contributed by atoms with Gasteiger partial charge in [-0.1, -0.05) is 61.0 Å². The van der Waals surface area contributed by atoms with Gasteiger partial charge in [0.15, 0.2) is 0 Å². The predicted octanol–water partition coefficient (Wildman–Crippen LogP) is 6.38. The SMILES string of the molecule is CCN(Cc1cc(-c2ncccc2Cl)ccc1C)SN1C=C1CN(C)Cc1ccccc1. The minimum absolute atomic E-state index is 0.682. The Morgan fingerprint density at radius 1 is 1.00 bits per heavy atom. The summed E-state index contributed by atoms with van der Waals surface area (Å²) >= 11 is 8.16. The second-order valence-electron chi connectivity index (χ2n) is 8.12. The molecule has 2 aromatic carbocycles. The average molecular weight is 465 g/mol. The smallest absolute Gasteiger partial charge is 0.0888 e. The van der Waals surface area contributed by atoms with E-state index in [1.165, 1.54) is 22.4 Å². The Balaban J connectivity index is 1.34. The third kappa shape index (κ3) is 5.93. The number of hydrogen-bond donors (Lipinski definition) is 0. The van der Waals surface area contributed by atoms with Crippen molar-refractivity contribution in [3.8, 4) is 11.3 Å². The summed E-state index contributed by atoms with van der Waals surface area (Å²) in [5, 5.41) is 0.682. The highest BCUT2D eigenvalue weighted by Gasteiger charge is 2.25. The molecule has 4 rings (SSSR count). The summed E-state index contributed by atoms with van der Waals surface area (Å²) < 4.78 is 4.66. The molecule has 0 spiro atoms. The van der Waals surface area contributed by atoms with E-state index in [-0.39, 0.29) is 0 Å². The molecular weight excluding hydrogens is 436 g/mol. The van der Waals surface area contributed by atoms with Crippen LogP contribution < -0.4 is 0 Å². The molecule has 1 aromatic heterocycles. The number of aryl methyl sites for hydroxylation is 1. The van der Waals surface area contributed by atoms with Gasteiger partial charge in [0.2, 0.25) is 0 Å². The van der Waals surface area contributed by atoms with Gasteiger partial charge >= 0.3 is 0 Å². The first kappa shape index (κ1) is 22.9. The summed E-state index contributed by atoms with van der Waals surface area (Å²) in [6.07, 6.45) is 4.02. The predicted molar refractivity (Wildman–Crippen MR) is 136 cm³/mol. The number of benzene rings is 2. The molecule has 0 unspecified atom stereocenters. The van der Waals surface area contributed by atoms with Crippen LogP contribution in [0, 0.1) is 6.92 Å². The highest BCUT2D eigenvalue weighted by molar-refractivity contribution is 7.95. The molecule has 0 radical (unpaired) electrons. The standard InChI is InChI=1S/C26H29ClN4S/c1-4-30(32-31-19-24(31)18-29(3)16-21-9-6-5-7-10-21)17-23-15-22(13-12-20(23)2)26-25(27)11-8-14-28-26/h5-15,19H,4,16-18H2,1-3H3. The molecule has 0 saturated carbocycles. The summed E-state index contributed by atoms with van der Waals surface area (Å²) in [5.74, 6) is 0. The third-order valence-corrected chi connectivity index (χ3v) is 6.93. The van der Waals surface area contributed by atoms with Gasteiger partial charge in [-0.15, -0.1) is 0 Å². The van der Waals surface area contributed by atoms with E-state index in [1.807, 2.05) is 12.1 Å². The molecule has 32 heavy (non-hydrogen) atoms. The van der Waals surface area contributed by atoms with Crippen LogP contribution in [0.25, 0.3) is 11.3 Å². The molecule has 0 saturated heterocycles. The van der Waals surface area contributed by atoms with Crippen molar-refractivity contribution in [2.75, 3.05) is 20.1 Å². The van der Waals surface area contributed by atoms with E-state index < -0.39 is 0 Å². The Kier molecular flexibility index (Phi) is 7.53. The van der Waals surface area contributed by atoms with E-state index in [9.17, 15) is 0 Å². The van der Waals surface area contributed by atoms with Gasteiger partial charge in [0, 0.05) is 56.3 Å². The molecule has 166 valence electrons. The summed E-state index contributed by atoms with van der Waals surface area (Å²) in [6, 6.07) is 20.8. The maximum absolute atomic E-state index is 6.38. The van der Waals surface area contributed by atoms with Crippen molar-refractivity contribution >= 4 is 23.7 Å². The van der Waals surface area contributed by atoms with Crippen LogP contribution >= 0.6 is 23.7 Å². The molecule has 0 N–H and O–H groups in total. The van der Waals surface area contributed by atoms with Crippen LogP contribution in [0.4, 0.5) is 0 Å². The molecule has 0 fully saturated rings. The molecule has 2 heterocycles. The Morgan fingerprint density at radius 2 is 1.81 bits per heavy atom. The quantitative estimate of drug-likeness (QED) is 0.323. The zero-order valence-electron chi connectivity index (χ0n) is 18.8. The number of rotatable bonds is 10. The molecule has 0 bridgehead atoms. The van der Waals surface area contributed by atoms with Gasteiger partial charge in [-0.25, -0.2) is 4.31 Å². The van der Waals surface area contributed by atoms with Crippen LogP contribution in [-0.4, -0.2) is 38.6 Å². The topological polar surface area (TPSA) is 22.4 Å². The molecular formula is C26H29ClN4S. The van der Waals surface area contributed by atoms with E-state index in [1.54, 1.807) is 18.3 Å². The third-order valence-electron chi connectivity index (χ3n) is 5.49. The second-order valence-corrected chi connectivity index (χ2v) is 9.60. The van der Waals surface area contributed by atoms with Crippen LogP contribution in [0.3, 0.4) is 0 Å². The fraction of sp³-hybridized carbons (Fsp3) is 0.269. The molecule has 1 aliphatic rings. The van der Waals surface area contributed by atoms with Crippen LogP contribution in [0.2, 0.25) is 5.02 Å². The summed E-state index contributed by atoms with van der Waals surface area (Å²) in [5.41, 5.74) is 7.17. The fourth-order valence-electron chi connectivity index (χ4n) is 3.62. The van der Waals surface area contributed by atoms with Crippen LogP contribution in [0.15, 0.2) is 78.8 Å². The summed E-state index contributed by atoms with van der Waals surface area (Å²) in [4.78, 5) is 6.82. The lowest BCUT2D eigenvalue weighted by Gasteiger charge is -2.22. The molecule has 3 aromatic rings. The molecule has 6 heteroatoms. The van der Waals surface area contributed by atoms with E-state index in [2.05, 4.69) is 94.1 Å². The molecule has 0 amide bonds. The Hall–Kier alpha value is -2.31. The maximum Gasteiger partial charge on any atom is 0.0888 e. The van der Waals surface area contributed by atoms with Gasteiger partial charge in [-0.3, -0.25) is 14.2 Å². The first-order valence-electron chi connectivity index (χ1n) is 10.9. The zero-order chi connectivity index (χ0) is 22.5. The maximum atomic E-state index is 6.38. The highest BCUT2D eigenvalue weighted by atomic mass is 35.5. The van der Waals surface area contributed by atoms with E-state index in [0.717, 1.165) is 37.4 Å². The number of aromatic nitrogens is 1. The molecule has 0 atom stereocenters. The number of likely N-dealkylation sites (N-methyl/N-ethyl adjacent to an activating group) is 1. The van der Waals surface area contributed by atoms with Crippen molar-refractivity contribution in [1.29, 1.82) is 0 Å². The van der Waals surface area contributed by atoms with Gasteiger partial charge in [0.1, 0.15) is 0 Å². The molecule has 0 aliphatic carbocycles. The van der Waals surface area contributed by atoms with Gasteiger partial charge in [0.05, 0.1) is 16.4 Å². The van der Waals surface area contributed by atoms with Gasteiger partial charge in [0.25, 0.3) is 0 Å². The normalized spacial score (nSPS) is 13.1. The van der Waals surface area contributed by atoms with Crippen LogP contribution in [-0.2, 0) is 13.1 Å². The van der Waals surface area contributed by atoms with Crippen molar-refractivity contribution in [1.82, 2.24) is 18.5 Å². The monoisotopic (exact) mass is 464 g/mol. The van der Waals surface area contributed by atoms with Gasteiger partial charge < -0.3 is 0 Å². The first-order chi connectivity index (χ1) is 15.5. The number of halogens is 1. The van der Waals surface area contributed by atoms with E-state index in [4.69, 9.17) is 11.6 Å². The largest absolute Gasteiger partial charge is 0.296 e. The van der Waals surface area contributed by atoms with Crippen molar-refractivity contribution in [2.45, 2.75) is 26.9 Å². The lowest BCUT2D eigenvalue weighted by atomic mass is 10.0. The Labute approximate surface area is 200 Å². The fourth-order valence-corrected chi connectivity index (χ4v) is 4.74. The minimum Gasteiger partial charge on any atom is -0.296 e. The highest BCUT2D eigenvalue weighted by Crippen LogP contribution is 2.35. The lowest BCUT2D eigenvalue weighted by Crippen LogP contribution is -2.22. The first-order valence-corrected chi connectivity index (χ1v) is 12.0. The number of hydrogen-bond acceptors (Lipinski definition) is 5. The molecule has 4 nitrogen and oxygen atoms in total. The van der Waals surface area contributed by atoms with Crippen molar-refractivity contribution in [3.63, 3.8) is 0 Å². The zero-order valence-corrected chi connectivity index (χ0v) is 20.4. The summed E-state index contributed by atoms with van der Waals surface area (Å²) in [7, 11) is 2.17. The Morgan fingerprint density at radius 3 is 2.56 bits per heavy atom. The van der Waals surface area contributed by atoms with Crippen molar-refractivity contribution in [2.24, 2.45) is 0 Å². The number of nitrogens with zero attached hydrogens (tertiary/aromatic N) is 4. The van der Waals surface area contributed by atoms with Gasteiger partial charge in [-0.2, -0.15) is 0 Å². The minimum atomic E-state index is 0.682. The summed E-state index contributed by atoms with van der Waals surface area (Å²) in [6.45, 7) is 8.09. The molecule has 1 aliphatic heterocycles. The van der Waals surface area contributed by atoms with Crippen molar-refractivity contribution in [3.05, 3.63) is 100 Å². The number of pyridine rings is 1. The lowest BCUT2D eigenvalue weighted by molar-refractivity contribution is 0.352. The van der Waals surface area contributed by atoms with Crippen LogP contribution in [0.5, 0.6) is 0 Å². The average Bonchev–Trinajstić information content (AvgIpc) is 3.52. The second kappa shape index (κ2) is 10.5. The van der Waals surface area contributed by atoms with E-state index >= 15 is 0 Å². The van der Waals surface area contributed by atoms with Crippen LogP contribution in [0.1, 0.15) is 23.6 Å². The van der Waals surface area contributed by atoms with Crippen molar-refractivity contribution < 1.29 is 0 Å². The Bertz CT molecular complexity index is 1090.